The minimum atomic E-state index is 0.667. The van der Waals surface area contributed by atoms with Crippen LogP contribution in [0.15, 0.2) is 41.6 Å². The van der Waals surface area contributed by atoms with Crippen molar-refractivity contribution in [1.29, 1.82) is 0 Å². The molecule has 0 aliphatic rings. The molecule has 0 N–H and O–H groups in total. The van der Waals surface area contributed by atoms with Gasteiger partial charge in [0, 0.05) is 16.7 Å². The van der Waals surface area contributed by atoms with Crippen LogP contribution in [0.25, 0.3) is 11.4 Å². The summed E-state index contributed by atoms with van der Waals surface area (Å²) in [5, 5.41) is 7.72. The average molecular weight is 203 g/mol. The fraction of sp³-hybridized carbons (Fsp3) is 0.100. The molecule has 0 atom stereocenters. The van der Waals surface area contributed by atoms with E-state index in [4.69, 9.17) is 0 Å². The highest BCUT2D eigenvalue weighted by molar-refractivity contribution is 7.98. The van der Waals surface area contributed by atoms with Crippen LogP contribution < -0.4 is 0 Å². The molecule has 70 valence electrons. The third-order valence-corrected chi connectivity index (χ3v) is 2.57. The van der Waals surface area contributed by atoms with E-state index in [1.165, 1.54) is 4.90 Å². The van der Waals surface area contributed by atoms with Crippen LogP contribution in [-0.2, 0) is 0 Å². The van der Waals surface area contributed by atoms with Gasteiger partial charge in [0.1, 0.15) is 0 Å². The van der Waals surface area contributed by atoms with E-state index in [0.29, 0.717) is 5.82 Å². The van der Waals surface area contributed by atoms with Gasteiger partial charge in [-0.25, -0.2) is 4.98 Å². The lowest BCUT2D eigenvalue weighted by atomic mass is 10.2. The fourth-order valence-electron chi connectivity index (χ4n) is 1.12. The molecule has 2 rings (SSSR count). The topological polar surface area (TPSA) is 38.7 Å². The predicted octanol–water partition coefficient (Wildman–Crippen LogP) is 2.26. The number of nitrogens with zero attached hydrogens (tertiary/aromatic N) is 3. The first-order valence-corrected chi connectivity index (χ1v) is 5.41. The number of hydrogen-bond acceptors (Lipinski definition) is 4. The highest BCUT2D eigenvalue weighted by Gasteiger charge is 1.99. The van der Waals surface area contributed by atoms with Crippen molar-refractivity contribution in [3.05, 3.63) is 36.7 Å². The van der Waals surface area contributed by atoms with E-state index in [-0.39, 0.29) is 0 Å². The standard InChI is InChI=1S/C10H9N3S/c1-14-9-4-2-8(3-5-9)10-11-6-7-12-13-10/h2-7H,1H3. The summed E-state index contributed by atoms with van der Waals surface area (Å²) in [6.45, 7) is 0. The lowest BCUT2D eigenvalue weighted by molar-refractivity contribution is 0.979. The Kier molecular flexibility index (Phi) is 2.74. The molecule has 4 heteroatoms. The minimum absolute atomic E-state index is 0.667. The Balaban J connectivity index is 2.34. The minimum Gasteiger partial charge on any atom is -0.233 e. The summed E-state index contributed by atoms with van der Waals surface area (Å²) in [6.07, 6.45) is 5.26. The maximum Gasteiger partial charge on any atom is 0.181 e. The van der Waals surface area contributed by atoms with E-state index in [1.807, 2.05) is 12.1 Å². The largest absolute Gasteiger partial charge is 0.233 e. The quantitative estimate of drug-likeness (QED) is 0.702. The Hall–Kier alpha value is -1.42. The third kappa shape index (κ3) is 1.90. The van der Waals surface area contributed by atoms with Gasteiger partial charge in [0.15, 0.2) is 5.82 Å². The normalized spacial score (nSPS) is 10.1. The molecule has 0 spiro atoms. The van der Waals surface area contributed by atoms with Crippen molar-refractivity contribution in [2.75, 3.05) is 6.26 Å². The van der Waals surface area contributed by atoms with Gasteiger partial charge in [0.25, 0.3) is 0 Å². The van der Waals surface area contributed by atoms with E-state index in [0.717, 1.165) is 5.56 Å². The number of benzene rings is 1. The molecule has 0 radical (unpaired) electrons. The summed E-state index contributed by atoms with van der Waals surface area (Å²) < 4.78 is 0. The van der Waals surface area contributed by atoms with Crippen molar-refractivity contribution in [2.24, 2.45) is 0 Å². The number of aromatic nitrogens is 3. The molecular weight excluding hydrogens is 194 g/mol. The van der Waals surface area contributed by atoms with Crippen LogP contribution >= 0.6 is 11.8 Å². The highest BCUT2D eigenvalue weighted by atomic mass is 32.2. The van der Waals surface area contributed by atoms with E-state index < -0.39 is 0 Å². The van der Waals surface area contributed by atoms with Gasteiger partial charge in [0.05, 0.1) is 6.20 Å². The first-order chi connectivity index (χ1) is 6.90. The second-order valence-electron chi connectivity index (χ2n) is 2.69. The van der Waals surface area contributed by atoms with E-state index >= 15 is 0 Å². The first kappa shape index (κ1) is 9.15. The van der Waals surface area contributed by atoms with Crippen molar-refractivity contribution < 1.29 is 0 Å². The number of rotatable bonds is 2. The zero-order valence-corrected chi connectivity index (χ0v) is 8.53. The second-order valence-corrected chi connectivity index (χ2v) is 3.57. The van der Waals surface area contributed by atoms with Crippen molar-refractivity contribution in [2.45, 2.75) is 4.90 Å². The van der Waals surface area contributed by atoms with Crippen LogP contribution in [0.2, 0.25) is 0 Å². The Bertz CT molecular complexity index is 399. The molecule has 1 heterocycles. The Morgan fingerprint density at radius 1 is 1.07 bits per heavy atom. The molecular formula is C10H9N3S. The molecule has 0 bridgehead atoms. The summed E-state index contributed by atoms with van der Waals surface area (Å²) in [6, 6.07) is 8.11. The van der Waals surface area contributed by atoms with Gasteiger partial charge < -0.3 is 0 Å². The zero-order valence-electron chi connectivity index (χ0n) is 7.71. The Morgan fingerprint density at radius 3 is 2.43 bits per heavy atom. The van der Waals surface area contributed by atoms with Crippen LogP contribution in [0.1, 0.15) is 0 Å². The van der Waals surface area contributed by atoms with Crippen LogP contribution in [-0.4, -0.2) is 21.4 Å². The van der Waals surface area contributed by atoms with Crippen molar-refractivity contribution in [1.82, 2.24) is 15.2 Å². The fourth-order valence-corrected chi connectivity index (χ4v) is 1.53. The van der Waals surface area contributed by atoms with E-state index in [1.54, 1.807) is 24.2 Å². The third-order valence-electron chi connectivity index (χ3n) is 1.83. The van der Waals surface area contributed by atoms with Gasteiger partial charge in [-0.2, -0.15) is 5.10 Å². The van der Waals surface area contributed by atoms with Gasteiger partial charge in [-0.15, -0.1) is 16.9 Å². The van der Waals surface area contributed by atoms with E-state index in [9.17, 15) is 0 Å². The van der Waals surface area contributed by atoms with Crippen LogP contribution in [0, 0.1) is 0 Å². The molecule has 0 saturated heterocycles. The molecule has 14 heavy (non-hydrogen) atoms. The second kappa shape index (κ2) is 4.19. The monoisotopic (exact) mass is 203 g/mol. The van der Waals surface area contributed by atoms with Crippen LogP contribution in [0.3, 0.4) is 0 Å². The molecule has 0 unspecified atom stereocenters. The average Bonchev–Trinajstić information content (AvgIpc) is 2.30. The van der Waals surface area contributed by atoms with Crippen molar-refractivity contribution in [3.63, 3.8) is 0 Å². The number of hydrogen-bond donors (Lipinski definition) is 0. The first-order valence-electron chi connectivity index (χ1n) is 4.18. The summed E-state index contributed by atoms with van der Waals surface area (Å²) >= 11 is 1.72. The summed E-state index contributed by atoms with van der Waals surface area (Å²) in [4.78, 5) is 5.36. The molecule has 0 aliphatic carbocycles. The van der Waals surface area contributed by atoms with E-state index in [2.05, 4.69) is 33.6 Å². The molecule has 0 fully saturated rings. The molecule has 3 nitrogen and oxygen atoms in total. The zero-order chi connectivity index (χ0) is 9.80. The van der Waals surface area contributed by atoms with Crippen LogP contribution in [0.5, 0.6) is 0 Å². The van der Waals surface area contributed by atoms with Crippen molar-refractivity contribution >= 4 is 11.8 Å². The summed E-state index contributed by atoms with van der Waals surface area (Å²) in [5.74, 6) is 0.667. The smallest absolute Gasteiger partial charge is 0.181 e. The van der Waals surface area contributed by atoms with Crippen molar-refractivity contribution in [3.8, 4) is 11.4 Å². The molecule has 0 amide bonds. The van der Waals surface area contributed by atoms with Crippen LogP contribution in [0.4, 0.5) is 0 Å². The lowest BCUT2D eigenvalue weighted by Gasteiger charge is -1.99. The summed E-state index contributed by atoms with van der Waals surface area (Å²) in [5.41, 5.74) is 0.996. The summed E-state index contributed by atoms with van der Waals surface area (Å²) in [7, 11) is 0. The maximum absolute atomic E-state index is 4.12. The van der Waals surface area contributed by atoms with Gasteiger partial charge in [-0.05, 0) is 18.4 Å². The predicted molar refractivity (Wildman–Crippen MR) is 57.0 cm³/mol. The van der Waals surface area contributed by atoms with Gasteiger partial charge in [0.2, 0.25) is 0 Å². The molecule has 0 aliphatic heterocycles. The molecule has 2 aromatic rings. The molecule has 1 aromatic carbocycles. The van der Waals surface area contributed by atoms with Gasteiger partial charge in [-0.1, -0.05) is 12.1 Å². The highest BCUT2D eigenvalue weighted by Crippen LogP contribution is 2.19. The molecule has 1 aromatic heterocycles. The lowest BCUT2D eigenvalue weighted by Crippen LogP contribution is -1.89. The van der Waals surface area contributed by atoms with Gasteiger partial charge >= 0.3 is 0 Å². The number of thioether (sulfide) groups is 1. The SMILES string of the molecule is CSc1ccc(-c2nccnn2)cc1. The van der Waals surface area contributed by atoms with Gasteiger partial charge in [-0.3, -0.25) is 0 Å². The maximum atomic E-state index is 4.12. The Morgan fingerprint density at radius 2 is 1.86 bits per heavy atom. The molecule has 0 saturated carbocycles. The Labute approximate surface area is 86.6 Å².